The molecule has 24 heavy (non-hydrogen) atoms. The minimum Gasteiger partial charge on any atom is -0.478 e. The van der Waals surface area contributed by atoms with Crippen LogP contribution in [0.4, 0.5) is 4.79 Å². The lowest BCUT2D eigenvalue weighted by Gasteiger charge is -2.19. The molecule has 0 saturated carbocycles. The summed E-state index contributed by atoms with van der Waals surface area (Å²) in [6.07, 6.45) is 7.44. The van der Waals surface area contributed by atoms with Crippen LogP contribution < -0.4 is 4.74 Å². The number of benzene rings is 1. The molecule has 0 aromatic heterocycles. The van der Waals surface area contributed by atoms with Crippen molar-refractivity contribution in [2.75, 3.05) is 6.61 Å². The molecule has 0 aliphatic carbocycles. The van der Waals surface area contributed by atoms with Crippen molar-refractivity contribution in [1.82, 2.24) is 4.90 Å². The Morgan fingerprint density at radius 2 is 2.00 bits per heavy atom. The van der Waals surface area contributed by atoms with Gasteiger partial charge in [-0.1, -0.05) is 36.0 Å². The first-order valence-corrected chi connectivity index (χ1v) is 8.78. The number of hydrogen-bond donors (Lipinski definition) is 0. The van der Waals surface area contributed by atoms with Crippen molar-refractivity contribution >= 4 is 52.2 Å². The Morgan fingerprint density at radius 1 is 1.38 bits per heavy atom. The number of rotatable bonds is 5. The van der Waals surface area contributed by atoms with Crippen molar-refractivity contribution in [2.24, 2.45) is 0 Å². The maximum atomic E-state index is 12.4. The van der Waals surface area contributed by atoms with Gasteiger partial charge in [0.2, 0.25) is 0 Å². The highest BCUT2D eigenvalue weighted by Crippen LogP contribution is 2.38. The molecule has 4 nitrogen and oxygen atoms in total. The number of carbonyl (C=O) groups is 2. The lowest BCUT2D eigenvalue weighted by molar-refractivity contribution is -0.124. The molecule has 7 heteroatoms. The molecule has 0 spiro atoms. The maximum Gasteiger partial charge on any atom is 0.293 e. The molecule has 1 atom stereocenters. The Labute approximate surface area is 155 Å². The number of imide groups is 1. The van der Waals surface area contributed by atoms with E-state index in [2.05, 4.69) is 5.92 Å². The summed E-state index contributed by atoms with van der Waals surface area (Å²) < 4.78 is 5.29. The van der Waals surface area contributed by atoms with Crippen LogP contribution in [-0.2, 0) is 4.79 Å². The molecule has 126 valence electrons. The van der Waals surface area contributed by atoms with Gasteiger partial charge in [0.05, 0.1) is 15.0 Å². The third kappa shape index (κ3) is 3.89. The van der Waals surface area contributed by atoms with Crippen LogP contribution >= 0.6 is 35.0 Å². The number of halogens is 2. The zero-order valence-corrected chi connectivity index (χ0v) is 15.5. The highest BCUT2D eigenvalue weighted by molar-refractivity contribution is 8.18. The molecule has 1 heterocycles. The molecule has 0 N–H and O–H groups in total. The van der Waals surface area contributed by atoms with E-state index in [0.717, 1.165) is 11.8 Å². The van der Waals surface area contributed by atoms with Crippen molar-refractivity contribution in [3.63, 3.8) is 0 Å². The zero-order valence-electron chi connectivity index (χ0n) is 13.1. The van der Waals surface area contributed by atoms with E-state index in [1.807, 2.05) is 13.8 Å². The van der Waals surface area contributed by atoms with Crippen LogP contribution in [0.5, 0.6) is 5.75 Å². The monoisotopic (exact) mass is 383 g/mol. The Balaban J connectivity index is 2.31. The lowest BCUT2D eigenvalue weighted by Crippen LogP contribution is -2.36. The molecule has 0 bridgehead atoms. The van der Waals surface area contributed by atoms with Gasteiger partial charge in [-0.2, -0.15) is 0 Å². The van der Waals surface area contributed by atoms with E-state index in [-0.39, 0.29) is 33.8 Å². The second kappa shape index (κ2) is 7.98. The first-order valence-electron chi connectivity index (χ1n) is 7.21. The third-order valence-electron chi connectivity index (χ3n) is 3.47. The number of hydrogen-bond acceptors (Lipinski definition) is 4. The van der Waals surface area contributed by atoms with E-state index in [1.165, 1.54) is 4.90 Å². The van der Waals surface area contributed by atoms with E-state index in [1.54, 1.807) is 18.2 Å². The fraction of sp³-hybridized carbons (Fsp3) is 0.294. The molecule has 1 fully saturated rings. The SMILES string of the molecule is C#CCOc1c(Cl)cc(/C=C2/SC(=O)N([C@H](C)CC)C2=O)cc1Cl. The fourth-order valence-electron chi connectivity index (χ4n) is 2.11. The van der Waals surface area contributed by atoms with E-state index < -0.39 is 0 Å². The van der Waals surface area contributed by atoms with Gasteiger partial charge < -0.3 is 4.74 Å². The largest absolute Gasteiger partial charge is 0.478 e. The van der Waals surface area contributed by atoms with Crippen molar-refractivity contribution in [3.8, 4) is 18.1 Å². The van der Waals surface area contributed by atoms with Crippen molar-refractivity contribution in [1.29, 1.82) is 0 Å². The van der Waals surface area contributed by atoms with Crippen LogP contribution in [0.2, 0.25) is 10.0 Å². The molecule has 0 unspecified atom stereocenters. The van der Waals surface area contributed by atoms with Gasteiger partial charge in [-0.3, -0.25) is 14.5 Å². The minimum absolute atomic E-state index is 0.0482. The summed E-state index contributed by atoms with van der Waals surface area (Å²) >= 11 is 13.2. The summed E-state index contributed by atoms with van der Waals surface area (Å²) in [6, 6.07) is 3.07. The molecule has 1 aromatic carbocycles. The van der Waals surface area contributed by atoms with Gasteiger partial charge in [0.25, 0.3) is 11.1 Å². The number of terminal acetylenes is 1. The summed E-state index contributed by atoms with van der Waals surface area (Å²) in [5, 5.41) is 0.294. The first kappa shape index (κ1) is 18.7. The highest BCUT2D eigenvalue weighted by Gasteiger charge is 2.37. The smallest absolute Gasteiger partial charge is 0.293 e. The molecular weight excluding hydrogens is 369 g/mol. The molecule has 1 aliphatic rings. The predicted octanol–water partition coefficient (Wildman–Crippen LogP) is 4.84. The molecule has 2 rings (SSSR count). The third-order valence-corrected chi connectivity index (χ3v) is 4.92. The van der Waals surface area contributed by atoms with Crippen LogP contribution in [0.15, 0.2) is 17.0 Å². The van der Waals surface area contributed by atoms with Crippen LogP contribution in [-0.4, -0.2) is 28.7 Å². The summed E-state index contributed by atoms with van der Waals surface area (Å²) in [6.45, 7) is 3.81. The summed E-state index contributed by atoms with van der Waals surface area (Å²) in [7, 11) is 0. The van der Waals surface area contributed by atoms with Gasteiger partial charge in [-0.25, -0.2) is 0 Å². The van der Waals surface area contributed by atoms with Crippen molar-refractivity contribution in [2.45, 2.75) is 26.3 Å². The molecule has 1 saturated heterocycles. The maximum absolute atomic E-state index is 12.4. The fourth-order valence-corrected chi connectivity index (χ4v) is 3.65. The second-order valence-electron chi connectivity index (χ2n) is 5.12. The zero-order chi connectivity index (χ0) is 17.9. The minimum atomic E-state index is -0.306. The van der Waals surface area contributed by atoms with Gasteiger partial charge >= 0.3 is 0 Å². The Bertz CT molecular complexity index is 732. The molecule has 0 radical (unpaired) electrons. The predicted molar refractivity (Wildman–Crippen MR) is 98.4 cm³/mol. The quantitative estimate of drug-likeness (QED) is 0.538. The number of nitrogens with zero attached hydrogens (tertiary/aromatic N) is 1. The molecule has 1 aromatic rings. The van der Waals surface area contributed by atoms with Gasteiger partial charge in [-0.05, 0) is 48.9 Å². The number of carbonyl (C=O) groups excluding carboxylic acids is 2. The average molecular weight is 384 g/mol. The number of thioether (sulfide) groups is 1. The normalized spacial score (nSPS) is 17.3. The second-order valence-corrected chi connectivity index (χ2v) is 6.92. The summed E-state index contributed by atoms with van der Waals surface area (Å²) in [5.74, 6) is 2.32. The standard InChI is InChI=1S/C17H15Cl2NO3S/c1-4-6-23-15-12(18)7-11(8-13(15)19)9-14-16(21)20(10(3)5-2)17(22)24-14/h1,7-10H,5-6H2,2-3H3/b14-9+/t10-/m1/s1. The van der Waals surface area contributed by atoms with Gasteiger partial charge in [0.1, 0.15) is 6.61 Å². The van der Waals surface area contributed by atoms with E-state index in [9.17, 15) is 9.59 Å². The van der Waals surface area contributed by atoms with Crippen molar-refractivity contribution < 1.29 is 14.3 Å². The number of amides is 2. The van der Waals surface area contributed by atoms with Crippen LogP contribution in [0.1, 0.15) is 25.8 Å². The van der Waals surface area contributed by atoms with Crippen LogP contribution in [0.25, 0.3) is 6.08 Å². The van der Waals surface area contributed by atoms with Gasteiger partial charge in [0, 0.05) is 6.04 Å². The summed E-state index contributed by atoms with van der Waals surface area (Å²) in [5.41, 5.74) is 0.604. The Kier molecular flexibility index (Phi) is 6.22. The molecule has 1 aliphatic heterocycles. The number of ether oxygens (including phenoxy) is 1. The highest BCUT2D eigenvalue weighted by atomic mass is 35.5. The average Bonchev–Trinajstić information content (AvgIpc) is 2.80. The topological polar surface area (TPSA) is 46.6 Å². The van der Waals surface area contributed by atoms with E-state index in [4.69, 9.17) is 34.4 Å². The Morgan fingerprint density at radius 3 is 2.54 bits per heavy atom. The van der Waals surface area contributed by atoms with E-state index in [0.29, 0.717) is 22.6 Å². The molecular formula is C17H15Cl2NO3S. The van der Waals surface area contributed by atoms with Crippen LogP contribution in [0, 0.1) is 12.3 Å². The van der Waals surface area contributed by atoms with Gasteiger partial charge in [-0.15, -0.1) is 6.42 Å². The Hall–Kier alpha value is -1.61. The van der Waals surface area contributed by atoms with Gasteiger partial charge in [0.15, 0.2) is 5.75 Å². The van der Waals surface area contributed by atoms with Crippen molar-refractivity contribution in [3.05, 3.63) is 32.6 Å². The van der Waals surface area contributed by atoms with E-state index >= 15 is 0 Å². The summed E-state index contributed by atoms with van der Waals surface area (Å²) in [4.78, 5) is 26.0. The molecule has 2 amide bonds. The van der Waals surface area contributed by atoms with Crippen LogP contribution in [0.3, 0.4) is 0 Å². The lowest BCUT2D eigenvalue weighted by atomic mass is 10.2. The first-order chi connectivity index (χ1) is 11.4.